The lowest BCUT2D eigenvalue weighted by molar-refractivity contribution is -0.124. The van der Waals surface area contributed by atoms with Gasteiger partial charge in [-0.2, -0.15) is 5.10 Å². The summed E-state index contributed by atoms with van der Waals surface area (Å²) in [4.78, 5) is 46.1. The van der Waals surface area contributed by atoms with Gasteiger partial charge in [-0.05, 0) is 43.2 Å². The van der Waals surface area contributed by atoms with Crippen LogP contribution >= 0.6 is 0 Å². The van der Waals surface area contributed by atoms with Crippen molar-refractivity contribution in [2.45, 2.75) is 32.0 Å². The molecular weight excluding hydrogens is 408 g/mol. The molecule has 9 heteroatoms. The molecule has 0 bridgehead atoms. The predicted octanol–water partition coefficient (Wildman–Crippen LogP) is 1.88. The van der Waals surface area contributed by atoms with Gasteiger partial charge in [0.05, 0.1) is 11.3 Å². The van der Waals surface area contributed by atoms with Crippen molar-refractivity contribution in [2.75, 3.05) is 11.4 Å². The van der Waals surface area contributed by atoms with E-state index in [0.29, 0.717) is 29.9 Å². The first-order valence-corrected chi connectivity index (χ1v) is 10.4. The Kier molecular flexibility index (Phi) is 4.73. The average Bonchev–Trinajstić information content (AvgIpc) is 3.44. The minimum absolute atomic E-state index is 0.0406. The number of para-hydroxylation sites is 1. The van der Waals surface area contributed by atoms with Crippen molar-refractivity contribution in [3.05, 3.63) is 72.2 Å². The van der Waals surface area contributed by atoms with E-state index in [1.807, 2.05) is 31.2 Å². The second kappa shape index (κ2) is 7.60. The smallest absolute Gasteiger partial charge is 0.258 e. The third-order valence-corrected chi connectivity index (χ3v) is 6.09. The Morgan fingerprint density at radius 2 is 2.00 bits per heavy atom. The van der Waals surface area contributed by atoms with Crippen LogP contribution in [0.15, 0.2) is 61.1 Å². The highest BCUT2D eigenvalue weighted by atomic mass is 16.2. The number of fused-ring (bicyclic) bond motifs is 3. The van der Waals surface area contributed by atoms with Gasteiger partial charge >= 0.3 is 0 Å². The molecule has 1 N–H and O–H groups in total. The van der Waals surface area contributed by atoms with E-state index in [9.17, 15) is 14.4 Å². The van der Waals surface area contributed by atoms with Crippen LogP contribution in [0.5, 0.6) is 0 Å². The largest absolute Gasteiger partial charge is 0.350 e. The monoisotopic (exact) mass is 430 g/mol. The molecule has 0 aliphatic carbocycles. The summed E-state index contributed by atoms with van der Waals surface area (Å²) in [7, 11) is 0. The summed E-state index contributed by atoms with van der Waals surface area (Å²) in [6, 6.07) is 12.6. The topological polar surface area (TPSA) is 100 Å². The highest BCUT2D eigenvalue weighted by molar-refractivity contribution is 6.11. The zero-order valence-corrected chi connectivity index (χ0v) is 17.6. The lowest BCUT2D eigenvalue weighted by Gasteiger charge is -2.48. The summed E-state index contributed by atoms with van der Waals surface area (Å²) in [6.07, 6.45) is 5.98. The number of nitrogens with zero attached hydrogens (tertiary/aromatic N) is 5. The molecule has 1 fully saturated rings. The number of benzene rings is 1. The summed E-state index contributed by atoms with van der Waals surface area (Å²) in [5.41, 5.74) is 1.02. The number of hydrogen-bond acceptors (Lipinski definition) is 5. The Hall–Kier alpha value is -4.01. The van der Waals surface area contributed by atoms with Gasteiger partial charge in [0.25, 0.3) is 5.91 Å². The van der Waals surface area contributed by atoms with Crippen LogP contribution in [0.2, 0.25) is 0 Å². The van der Waals surface area contributed by atoms with Crippen molar-refractivity contribution >= 4 is 23.4 Å². The van der Waals surface area contributed by atoms with Crippen molar-refractivity contribution in [1.82, 2.24) is 25.0 Å². The number of rotatable bonds is 5. The first kappa shape index (κ1) is 19.9. The molecule has 3 aromatic rings. The summed E-state index contributed by atoms with van der Waals surface area (Å²) < 4.78 is 1.65. The number of carbonyl (C=O) groups excluding carboxylic acids is 3. The van der Waals surface area contributed by atoms with Gasteiger partial charge < -0.3 is 10.2 Å². The number of carbonyl (C=O) groups is 3. The molecule has 0 saturated carbocycles. The van der Waals surface area contributed by atoms with E-state index >= 15 is 0 Å². The lowest BCUT2D eigenvalue weighted by Crippen LogP contribution is -2.63. The van der Waals surface area contributed by atoms with Crippen LogP contribution in [-0.2, 0) is 16.1 Å². The van der Waals surface area contributed by atoms with Crippen LogP contribution in [0.25, 0.3) is 5.82 Å². The zero-order valence-electron chi connectivity index (χ0n) is 17.6. The zero-order chi connectivity index (χ0) is 22.3. The average molecular weight is 430 g/mol. The molecule has 1 aromatic carbocycles. The number of nitrogens with one attached hydrogen (secondary N) is 1. The highest BCUT2D eigenvalue weighted by Gasteiger charge is 2.53. The molecule has 2 aromatic heterocycles. The molecule has 1 saturated heterocycles. The summed E-state index contributed by atoms with van der Waals surface area (Å²) in [5, 5.41) is 6.99. The maximum absolute atomic E-state index is 13.2. The van der Waals surface area contributed by atoms with Crippen LogP contribution in [0.4, 0.5) is 5.69 Å². The minimum atomic E-state index is -0.854. The van der Waals surface area contributed by atoms with Crippen molar-refractivity contribution < 1.29 is 14.4 Å². The second-order valence-electron chi connectivity index (χ2n) is 8.11. The Bertz CT molecular complexity index is 1190. The van der Waals surface area contributed by atoms with Crippen LogP contribution in [-0.4, -0.2) is 49.6 Å². The Morgan fingerprint density at radius 3 is 2.75 bits per heavy atom. The number of amides is 3. The number of pyridine rings is 1. The van der Waals surface area contributed by atoms with Crippen molar-refractivity contribution in [3.63, 3.8) is 0 Å². The van der Waals surface area contributed by atoms with E-state index in [2.05, 4.69) is 15.4 Å². The molecular formula is C23H22N6O3. The fourth-order valence-corrected chi connectivity index (χ4v) is 4.40. The molecule has 2 aliphatic rings. The number of hydrogen-bond donors (Lipinski definition) is 1. The molecule has 2 aliphatic heterocycles. The van der Waals surface area contributed by atoms with Gasteiger partial charge in [0.2, 0.25) is 11.8 Å². The van der Waals surface area contributed by atoms with E-state index in [1.165, 1.54) is 4.90 Å². The summed E-state index contributed by atoms with van der Waals surface area (Å²) in [6.45, 7) is 1.99. The molecule has 0 radical (unpaired) electrons. The van der Waals surface area contributed by atoms with Crippen LogP contribution < -0.4 is 10.2 Å². The van der Waals surface area contributed by atoms with Crippen molar-refractivity contribution in [1.29, 1.82) is 0 Å². The third-order valence-electron chi connectivity index (χ3n) is 6.09. The van der Waals surface area contributed by atoms with Gasteiger partial charge in [0.1, 0.15) is 12.2 Å². The predicted molar refractivity (Wildman–Crippen MR) is 116 cm³/mol. The highest BCUT2D eigenvalue weighted by Crippen LogP contribution is 2.43. The molecule has 162 valence electrons. The van der Waals surface area contributed by atoms with Gasteiger partial charge in [0.15, 0.2) is 5.82 Å². The minimum Gasteiger partial charge on any atom is -0.350 e. The van der Waals surface area contributed by atoms with E-state index in [0.717, 1.165) is 5.56 Å². The second-order valence-corrected chi connectivity index (χ2v) is 8.11. The van der Waals surface area contributed by atoms with Crippen LogP contribution in [0, 0.1) is 0 Å². The molecule has 0 spiro atoms. The van der Waals surface area contributed by atoms with E-state index in [-0.39, 0.29) is 30.8 Å². The van der Waals surface area contributed by atoms with E-state index in [1.54, 1.807) is 46.4 Å². The van der Waals surface area contributed by atoms with Crippen LogP contribution in [0.1, 0.15) is 35.7 Å². The van der Waals surface area contributed by atoms with Gasteiger partial charge in [0, 0.05) is 31.6 Å². The first-order chi connectivity index (χ1) is 15.5. The molecule has 5 rings (SSSR count). The maximum Gasteiger partial charge on any atom is 0.258 e. The molecule has 3 amide bonds. The fourth-order valence-electron chi connectivity index (χ4n) is 4.40. The first-order valence-electron chi connectivity index (χ1n) is 10.4. The number of anilines is 1. The van der Waals surface area contributed by atoms with Gasteiger partial charge in [-0.3, -0.25) is 19.3 Å². The van der Waals surface area contributed by atoms with Gasteiger partial charge in [-0.1, -0.05) is 18.2 Å². The van der Waals surface area contributed by atoms with Crippen LogP contribution in [0.3, 0.4) is 0 Å². The SMILES string of the molecule is CC12CCC(=O)N1c1ccccc1C(=O)N2CC(=O)NCc1ccc(-n2cccn2)nc1. The summed E-state index contributed by atoms with van der Waals surface area (Å²) >= 11 is 0. The third kappa shape index (κ3) is 3.22. The quantitative estimate of drug-likeness (QED) is 0.666. The lowest BCUT2D eigenvalue weighted by atomic mass is 9.98. The van der Waals surface area contributed by atoms with Gasteiger partial charge in [-0.25, -0.2) is 9.67 Å². The molecule has 1 atom stereocenters. The Balaban J connectivity index is 1.30. The normalized spacial score (nSPS) is 19.7. The molecule has 32 heavy (non-hydrogen) atoms. The Morgan fingerprint density at radius 1 is 1.16 bits per heavy atom. The molecule has 9 nitrogen and oxygen atoms in total. The molecule has 4 heterocycles. The molecule has 1 unspecified atom stereocenters. The van der Waals surface area contributed by atoms with E-state index < -0.39 is 5.66 Å². The summed E-state index contributed by atoms with van der Waals surface area (Å²) in [5.74, 6) is 0.103. The van der Waals surface area contributed by atoms with E-state index in [4.69, 9.17) is 0 Å². The maximum atomic E-state index is 13.2. The standard InChI is InChI=1S/C23H22N6O3/c1-23-10-9-21(31)29(23)18-6-3-2-5-17(18)22(32)27(23)15-20(30)25-14-16-7-8-19(24-13-16)28-12-4-11-26-28/h2-8,11-13H,9-10,14-15H2,1H3,(H,25,30). The van der Waals surface area contributed by atoms with Crippen molar-refractivity contribution in [3.8, 4) is 5.82 Å². The van der Waals surface area contributed by atoms with Gasteiger partial charge in [-0.15, -0.1) is 0 Å². The van der Waals surface area contributed by atoms with Crippen molar-refractivity contribution in [2.24, 2.45) is 0 Å². The number of aromatic nitrogens is 3. The Labute approximate surface area is 184 Å². The fraction of sp³-hybridized carbons (Fsp3) is 0.261.